The third kappa shape index (κ3) is 4.62. The molecule has 0 bridgehead atoms. The fourth-order valence-corrected chi connectivity index (χ4v) is 1.33. The van der Waals surface area contributed by atoms with Crippen molar-refractivity contribution in [2.24, 2.45) is 5.84 Å². The summed E-state index contributed by atoms with van der Waals surface area (Å²) in [6.07, 6.45) is -0.535. The van der Waals surface area contributed by atoms with Crippen molar-refractivity contribution in [1.82, 2.24) is 9.97 Å². The zero-order valence-corrected chi connectivity index (χ0v) is 11.9. The van der Waals surface area contributed by atoms with E-state index in [0.717, 1.165) is 0 Å². The van der Waals surface area contributed by atoms with Gasteiger partial charge >= 0.3 is 0 Å². The van der Waals surface area contributed by atoms with Gasteiger partial charge in [-0.3, -0.25) is 0 Å². The highest BCUT2D eigenvalue weighted by molar-refractivity contribution is 5.48. The van der Waals surface area contributed by atoms with Gasteiger partial charge in [0.05, 0.1) is 11.6 Å². The molecule has 1 atom stereocenters. The molecule has 0 aromatic carbocycles. The Morgan fingerprint density at radius 1 is 1.42 bits per heavy atom. The molecule has 1 aromatic heterocycles. The van der Waals surface area contributed by atoms with Gasteiger partial charge in [0.2, 0.25) is 0 Å². The number of nitrogens with two attached hydrogens (primary N) is 1. The van der Waals surface area contributed by atoms with Crippen LogP contribution in [0.2, 0.25) is 0 Å². The number of hydrazine groups is 1. The van der Waals surface area contributed by atoms with Crippen LogP contribution in [-0.2, 0) is 11.3 Å². The Kier molecular flexibility index (Phi) is 5.46. The molecule has 0 saturated heterocycles. The van der Waals surface area contributed by atoms with E-state index in [4.69, 9.17) is 10.6 Å². The van der Waals surface area contributed by atoms with E-state index in [1.54, 1.807) is 13.0 Å². The number of anilines is 2. The monoisotopic (exact) mass is 269 g/mol. The van der Waals surface area contributed by atoms with Crippen molar-refractivity contribution >= 4 is 11.6 Å². The lowest BCUT2D eigenvalue weighted by Crippen LogP contribution is -2.42. The molecular formula is C12H23N5O2. The zero-order valence-electron chi connectivity index (χ0n) is 11.9. The molecule has 1 aromatic rings. The number of rotatable bonds is 7. The molecule has 1 heterocycles. The standard InChI is InChI=1S/C12H23N5O2/c1-5-19-7-11-14-9(6-10(15-11)17-13)16-12(3,4)8(2)18/h6,8,18H,5,7,13H2,1-4H3,(H2,14,15,16,17). The summed E-state index contributed by atoms with van der Waals surface area (Å²) in [6.45, 7) is 8.30. The van der Waals surface area contributed by atoms with Gasteiger partial charge in [0.25, 0.3) is 0 Å². The maximum atomic E-state index is 9.71. The van der Waals surface area contributed by atoms with Gasteiger partial charge < -0.3 is 20.6 Å². The molecule has 0 aliphatic heterocycles. The number of nitrogens with zero attached hydrogens (tertiary/aromatic N) is 2. The maximum absolute atomic E-state index is 9.71. The van der Waals surface area contributed by atoms with E-state index in [-0.39, 0.29) is 0 Å². The van der Waals surface area contributed by atoms with Gasteiger partial charge in [-0.15, -0.1) is 0 Å². The lowest BCUT2D eigenvalue weighted by Gasteiger charge is -2.30. The Bertz CT molecular complexity index is 409. The quantitative estimate of drug-likeness (QED) is 0.430. The largest absolute Gasteiger partial charge is 0.391 e. The minimum absolute atomic E-state index is 0.315. The van der Waals surface area contributed by atoms with E-state index in [2.05, 4.69) is 20.7 Å². The highest BCUT2D eigenvalue weighted by atomic mass is 16.5. The molecule has 0 spiro atoms. The molecule has 5 N–H and O–H groups in total. The topological polar surface area (TPSA) is 105 Å². The maximum Gasteiger partial charge on any atom is 0.158 e. The predicted octanol–water partition coefficient (Wildman–Crippen LogP) is 0.870. The van der Waals surface area contributed by atoms with Gasteiger partial charge in [-0.1, -0.05) is 0 Å². The molecule has 0 saturated carbocycles. The van der Waals surface area contributed by atoms with E-state index < -0.39 is 11.6 Å². The summed E-state index contributed by atoms with van der Waals surface area (Å²) in [5.74, 6) is 6.99. The highest BCUT2D eigenvalue weighted by Crippen LogP contribution is 2.19. The Morgan fingerprint density at radius 3 is 2.58 bits per heavy atom. The number of aliphatic hydroxyl groups is 1. The van der Waals surface area contributed by atoms with Crippen LogP contribution in [0.15, 0.2) is 6.07 Å². The second-order valence-corrected chi connectivity index (χ2v) is 4.86. The van der Waals surface area contributed by atoms with E-state index >= 15 is 0 Å². The summed E-state index contributed by atoms with van der Waals surface area (Å²) in [5, 5.41) is 12.9. The van der Waals surface area contributed by atoms with Gasteiger partial charge in [0, 0.05) is 12.7 Å². The lowest BCUT2D eigenvalue weighted by molar-refractivity contribution is 0.127. The fraction of sp³-hybridized carbons (Fsp3) is 0.667. The first kappa shape index (κ1) is 15.6. The first-order chi connectivity index (χ1) is 8.89. The van der Waals surface area contributed by atoms with E-state index in [0.29, 0.717) is 30.7 Å². The third-order valence-electron chi connectivity index (χ3n) is 2.85. The number of nitrogen functional groups attached to an aromatic ring is 1. The Balaban J connectivity index is 2.93. The summed E-state index contributed by atoms with van der Waals surface area (Å²) in [6, 6.07) is 1.68. The molecule has 0 aliphatic rings. The van der Waals surface area contributed by atoms with E-state index in [1.807, 2.05) is 20.8 Å². The van der Waals surface area contributed by atoms with Gasteiger partial charge in [-0.25, -0.2) is 15.8 Å². The Labute approximate surface area is 113 Å². The molecule has 108 valence electrons. The average molecular weight is 269 g/mol. The van der Waals surface area contributed by atoms with Crippen LogP contribution in [0.4, 0.5) is 11.6 Å². The smallest absolute Gasteiger partial charge is 0.158 e. The van der Waals surface area contributed by atoms with Crippen LogP contribution in [-0.4, -0.2) is 33.3 Å². The van der Waals surface area contributed by atoms with Gasteiger partial charge in [-0.2, -0.15) is 0 Å². The average Bonchev–Trinajstić information content (AvgIpc) is 2.35. The molecule has 7 heteroatoms. The fourth-order valence-electron chi connectivity index (χ4n) is 1.33. The normalized spacial score (nSPS) is 13.2. The molecule has 0 aliphatic carbocycles. The molecule has 0 radical (unpaired) electrons. The molecule has 1 rings (SSSR count). The van der Waals surface area contributed by atoms with Crippen LogP contribution in [0.5, 0.6) is 0 Å². The van der Waals surface area contributed by atoms with Crippen LogP contribution in [0, 0.1) is 0 Å². The van der Waals surface area contributed by atoms with Crippen molar-refractivity contribution < 1.29 is 9.84 Å². The minimum Gasteiger partial charge on any atom is -0.391 e. The first-order valence-electron chi connectivity index (χ1n) is 6.27. The summed E-state index contributed by atoms with van der Waals surface area (Å²) >= 11 is 0. The zero-order chi connectivity index (χ0) is 14.5. The minimum atomic E-state index is -0.535. The number of hydrogen-bond donors (Lipinski definition) is 4. The summed E-state index contributed by atoms with van der Waals surface area (Å²) in [5.41, 5.74) is 1.98. The summed E-state index contributed by atoms with van der Waals surface area (Å²) in [7, 11) is 0. The van der Waals surface area contributed by atoms with Crippen LogP contribution in [0.3, 0.4) is 0 Å². The molecular weight excluding hydrogens is 246 g/mol. The summed E-state index contributed by atoms with van der Waals surface area (Å²) < 4.78 is 5.28. The van der Waals surface area contributed by atoms with Crippen LogP contribution >= 0.6 is 0 Å². The number of hydrogen-bond acceptors (Lipinski definition) is 7. The molecule has 0 fully saturated rings. The van der Waals surface area contributed by atoms with Crippen LogP contribution in [0.25, 0.3) is 0 Å². The van der Waals surface area contributed by atoms with Crippen molar-refractivity contribution in [2.45, 2.75) is 45.9 Å². The SMILES string of the molecule is CCOCc1nc(NN)cc(NC(C)(C)C(C)O)n1. The Hall–Kier alpha value is -1.44. The molecule has 7 nitrogen and oxygen atoms in total. The number of nitrogens with one attached hydrogen (secondary N) is 2. The third-order valence-corrected chi connectivity index (χ3v) is 2.85. The molecule has 0 amide bonds. The predicted molar refractivity (Wildman–Crippen MR) is 74.6 cm³/mol. The van der Waals surface area contributed by atoms with Crippen molar-refractivity contribution in [2.75, 3.05) is 17.3 Å². The van der Waals surface area contributed by atoms with Crippen molar-refractivity contribution in [1.29, 1.82) is 0 Å². The first-order valence-corrected chi connectivity index (χ1v) is 6.27. The van der Waals surface area contributed by atoms with E-state index in [9.17, 15) is 5.11 Å². The number of aromatic nitrogens is 2. The second kappa shape index (κ2) is 6.65. The Morgan fingerprint density at radius 2 is 2.05 bits per heavy atom. The van der Waals surface area contributed by atoms with Crippen LogP contribution in [0.1, 0.15) is 33.5 Å². The second-order valence-electron chi connectivity index (χ2n) is 4.86. The van der Waals surface area contributed by atoms with Gasteiger partial charge in [0.1, 0.15) is 18.2 Å². The van der Waals surface area contributed by atoms with Crippen molar-refractivity contribution in [3.8, 4) is 0 Å². The molecule has 19 heavy (non-hydrogen) atoms. The van der Waals surface area contributed by atoms with E-state index in [1.165, 1.54) is 0 Å². The number of aliphatic hydroxyl groups excluding tert-OH is 1. The van der Waals surface area contributed by atoms with Crippen molar-refractivity contribution in [3.63, 3.8) is 0 Å². The van der Waals surface area contributed by atoms with Crippen molar-refractivity contribution in [3.05, 3.63) is 11.9 Å². The van der Waals surface area contributed by atoms with Gasteiger partial charge in [-0.05, 0) is 27.7 Å². The highest BCUT2D eigenvalue weighted by Gasteiger charge is 2.24. The lowest BCUT2D eigenvalue weighted by atomic mass is 9.99. The van der Waals surface area contributed by atoms with Gasteiger partial charge in [0.15, 0.2) is 5.82 Å². The summed E-state index contributed by atoms with van der Waals surface area (Å²) in [4.78, 5) is 8.52. The van der Waals surface area contributed by atoms with Crippen LogP contribution < -0.4 is 16.6 Å². The molecule has 1 unspecified atom stereocenters. The number of ether oxygens (including phenoxy) is 1.